The van der Waals surface area contributed by atoms with Crippen molar-refractivity contribution >= 4 is 5.91 Å². The van der Waals surface area contributed by atoms with Gasteiger partial charge in [-0.2, -0.15) is 0 Å². The van der Waals surface area contributed by atoms with Gasteiger partial charge < -0.3 is 15.4 Å². The predicted molar refractivity (Wildman–Crippen MR) is 127 cm³/mol. The largest absolute Gasteiger partial charge is 0.493 e. The van der Waals surface area contributed by atoms with Crippen LogP contribution in [-0.2, 0) is 29.5 Å². The van der Waals surface area contributed by atoms with Gasteiger partial charge in [-0.3, -0.25) is 4.79 Å². The number of amides is 1. The number of aryl methyl sites for hydroxylation is 2. The molecule has 0 saturated heterocycles. The van der Waals surface area contributed by atoms with E-state index in [4.69, 9.17) is 10.5 Å². The van der Waals surface area contributed by atoms with Crippen LogP contribution in [0.25, 0.3) is 0 Å². The summed E-state index contributed by atoms with van der Waals surface area (Å²) >= 11 is 0. The minimum absolute atomic E-state index is 0.0362. The number of fused-ring (bicyclic) bond motifs is 2. The monoisotopic (exact) mass is 430 g/mol. The molecule has 2 N–H and O–H groups in total. The van der Waals surface area contributed by atoms with Gasteiger partial charge in [0.1, 0.15) is 5.75 Å². The van der Waals surface area contributed by atoms with Crippen LogP contribution in [0.5, 0.6) is 5.75 Å². The molecule has 3 aliphatic carbocycles. The molecule has 32 heavy (non-hydrogen) atoms. The molecule has 1 spiro atoms. The zero-order valence-electron chi connectivity index (χ0n) is 19.3. The van der Waals surface area contributed by atoms with Crippen molar-refractivity contribution in [2.24, 2.45) is 17.1 Å². The average Bonchev–Trinajstić information content (AvgIpc) is 3.61. The van der Waals surface area contributed by atoms with Crippen molar-refractivity contribution in [1.29, 1.82) is 0 Å². The Morgan fingerprint density at radius 2 is 1.78 bits per heavy atom. The van der Waals surface area contributed by atoms with Crippen LogP contribution in [0.15, 0.2) is 54.9 Å². The van der Waals surface area contributed by atoms with Crippen molar-refractivity contribution in [3.8, 4) is 5.75 Å². The normalized spacial score (nSPS) is 23.2. The van der Waals surface area contributed by atoms with Gasteiger partial charge in [0.05, 0.1) is 17.8 Å². The Labute approximate surface area is 191 Å². The molecule has 1 unspecified atom stereocenters. The first kappa shape index (κ1) is 21.1. The van der Waals surface area contributed by atoms with Gasteiger partial charge in [0.2, 0.25) is 5.91 Å². The van der Waals surface area contributed by atoms with Crippen molar-refractivity contribution in [1.82, 2.24) is 4.90 Å². The third-order valence-electron chi connectivity index (χ3n) is 8.42. The van der Waals surface area contributed by atoms with Crippen molar-refractivity contribution < 1.29 is 9.53 Å². The summed E-state index contributed by atoms with van der Waals surface area (Å²) in [6, 6.07) is 15.1. The SMILES string of the molecule is C=C(N)N(C)C(=O)C1(C)c2cc(OCC3CC3)ccc2CC12CCc1ccccc1CC2. The second-order valence-corrected chi connectivity index (χ2v) is 10.3. The number of ether oxygens (including phenoxy) is 1. The van der Waals surface area contributed by atoms with Crippen LogP contribution < -0.4 is 10.5 Å². The molecule has 2 aromatic carbocycles. The highest BCUT2D eigenvalue weighted by Crippen LogP contribution is 2.59. The first-order valence-electron chi connectivity index (χ1n) is 11.9. The number of carbonyl (C=O) groups excluding carboxylic acids is 1. The molecule has 4 nitrogen and oxygen atoms in total. The first-order valence-corrected chi connectivity index (χ1v) is 11.9. The molecule has 0 bridgehead atoms. The maximum Gasteiger partial charge on any atom is 0.238 e. The van der Waals surface area contributed by atoms with Gasteiger partial charge in [0.15, 0.2) is 0 Å². The van der Waals surface area contributed by atoms with Gasteiger partial charge in [-0.25, -0.2) is 0 Å². The van der Waals surface area contributed by atoms with E-state index in [9.17, 15) is 4.79 Å². The van der Waals surface area contributed by atoms with Gasteiger partial charge in [0, 0.05) is 7.05 Å². The molecule has 168 valence electrons. The van der Waals surface area contributed by atoms with Crippen LogP contribution in [0.3, 0.4) is 0 Å². The quantitative estimate of drug-likeness (QED) is 0.745. The number of nitrogens with two attached hydrogens (primary N) is 1. The molecule has 0 aliphatic heterocycles. The lowest BCUT2D eigenvalue weighted by Gasteiger charge is -2.45. The maximum absolute atomic E-state index is 14.1. The Hall–Kier alpha value is -2.75. The summed E-state index contributed by atoms with van der Waals surface area (Å²) in [6.07, 6.45) is 7.36. The van der Waals surface area contributed by atoms with E-state index in [0.717, 1.165) is 50.0 Å². The summed E-state index contributed by atoms with van der Waals surface area (Å²) in [5.41, 5.74) is 10.4. The van der Waals surface area contributed by atoms with Gasteiger partial charge >= 0.3 is 0 Å². The standard InChI is InChI=1S/C28H34N2O2/c1-19(29)30(3)26(31)27(2)25-16-24(32-18-20-8-9-20)11-10-23(25)17-28(27)14-12-21-6-4-5-7-22(21)13-15-28/h4-7,10-11,16,20H,1,8-9,12-15,17-18,29H2,2-3H3. The Bertz CT molecular complexity index is 1040. The Morgan fingerprint density at radius 1 is 1.12 bits per heavy atom. The van der Waals surface area contributed by atoms with Crippen LogP contribution in [0.4, 0.5) is 0 Å². The third-order valence-corrected chi connectivity index (χ3v) is 8.42. The van der Waals surface area contributed by atoms with E-state index in [2.05, 4.69) is 56.0 Å². The second-order valence-electron chi connectivity index (χ2n) is 10.3. The fourth-order valence-electron chi connectivity index (χ4n) is 5.99. The molecular weight excluding hydrogens is 396 g/mol. The number of nitrogens with zero attached hydrogens (tertiary/aromatic N) is 1. The predicted octanol–water partition coefficient (Wildman–Crippen LogP) is 4.74. The fraction of sp³-hybridized carbons (Fsp3) is 0.464. The minimum Gasteiger partial charge on any atom is -0.493 e. The third kappa shape index (κ3) is 3.32. The molecule has 0 heterocycles. The van der Waals surface area contributed by atoms with Gasteiger partial charge in [-0.1, -0.05) is 36.9 Å². The van der Waals surface area contributed by atoms with E-state index in [1.54, 1.807) is 11.9 Å². The van der Waals surface area contributed by atoms with Crippen molar-refractivity contribution in [2.75, 3.05) is 13.7 Å². The van der Waals surface area contributed by atoms with E-state index in [0.29, 0.717) is 5.92 Å². The lowest BCUT2D eigenvalue weighted by atomic mass is 9.60. The average molecular weight is 431 g/mol. The van der Waals surface area contributed by atoms with Crippen LogP contribution in [0.2, 0.25) is 0 Å². The summed E-state index contributed by atoms with van der Waals surface area (Å²) < 4.78 is 6.12. The van der Waals surface area contributed by atoms with E-state index in [-0.39, 0.29) is 17.1 Å². The minimum atomic E-state index is -0.680. The zero-order valence-corrected chi connectivity index (χ0v) is 19.3. The number of hydrogen-bond acceptors (Lipinski definition) is 3. The van der Waals surface area contributed by atoms with E-state index >= 15 is 0 Å². The fourth-order valence-corrected chi connectivity index (χ4v) is 5.99. The van der Waals surface area contributed by atoms with Crippen LogP contribution in [-0.4, -0.2) is 24.5 Å². The summed E-state index contributed by atoms with van der Waals surface area (Å²) in [5, 5.41) is 0. The van der Waals surface area contributed by atoms with Gasteiger partial charge in [0.25, 0.3) is 0 Å². The number of carbonyl (C=O) groups is 1. The number of hydrogen-bond donors (Lipinski definition) is 1. The Balaban J connectivity index is 1.56. The molecule has 1 amide bonds. The molecular formula is C28H34N2O2. The van der Waals surface area contributed by atoms with Crippen molar-refractivity contribution in [3.05, 3.63) is 77.1 Å². The van der Waals surface area contributed by atoms with E-state index < -0.39 is 5.41 Å². The number of rotatable bonds is 5. The summed E-state index contributed by atoms with van der Waals surface area (Å²) in [5.74, 6) is 1.89. The van der Waals surface area contributed by atoms with Gasteiger partial charge in [-0.15, -0.1) is 0 Å². The number of benzene rings is 2. The van der Waals surface area contributed by atoms with Crippen LogP contribution in [0, 0.1) is 11.3 Å². The molecule has 1 fully saturated rings. The van der Waals surface area contributed by atoms with Gasteiger partial charge in [-0.05, 0) is 97.6 Å². The molecule has 2 aromatic rings. The Kier molecular flexibility index (Phi) is 5.07. The molecule has 1 saturated carbocycles. The highest BCUT2D eigenvalue weighted by Gasteiger charge is 2.59. The highest BCUT2D eigenvalue weighted by atomic mass is 16.5. The Morgan fingerprint density at radius 3 is 2.38 bits per heavy atom. The summed E-state index contributed by atoms with van der Waals surface area (Å²) in [4.78, 5) is 15.6. The van der Waals surface area contributed by atoms with E-state index in [1.807, 2.05) is 0 Å². The summed E-state index contributed by atoms with van der Waals surface area (Å²) in [7, 11) is 1.75. The lowest BCUT2D eigenvalue weighted by Crippen LogP contribution is -2.53. The highest BCUT2D eigenvalue weighted by molar-refractivity contribution is 5.91. The lowest BCUT2D eigenvalue weighted by molar-refractivity contribution is -0.139. The molecule has 3 aliphatic rings. The van der Waals surface area contributed by atoms with Crippen molar-refractivity contribution in [2.45, 2.75) is 57.3 Å². The second kappa shape index (κ2) is 7.68. The molecule has 0 radical (unpaired) electrons. The molecule has 1 atom stereocenters. The number of likely N-dealkylation sites (N-methyl/N-ethyl adjacent to an activating group) is 1. The summed E-state index contributed by atoms with van der Waals surface area (Å²) in [6.45, 7) is 6.76. The molecule has 5 rings (SSSR count). The molecule has 0 aromatic heterocycles. The zero-order chi connectivity index (χ0) is 22.5. The van der Waals surface area contributed by atoms with Crippen molar-refractivity contribution in [3.63, 3.8) is 0 Å². The topological polar surface area (TPSA) is 55.6 Å². The van der Waals surface area contributed by atoms with E-state index in [1.165, 1.54) is 29.5 Å². The van der Waals surface area contributed by atoms with Crippen LogP contribution in [0.1, 0.15) is 54.9 Å². The first-order chi connectivity index (χ1) is 15.3. The maximum atomic E-state index is 14.1. The van der Waals surface area contributed by atoms with Crippen LogP contribution >= 0.6 is 0 Å². The molecule has 4 heteroatoms. The smallest absolute Gasteiger partial charge is 0.238 e.